The third-order valence-electron chi connectivity index (χ3n) is 2.31. The van der Waals surface area contributed by atoms with Crippen molar-refractivity contribution in [3.8, 4) is 0 Å². The predicted molar refractivity (Wildman–Crippen MR) is 51.8 cm³/mol. The molecule has 4 heteroatoms. The fraction of sp³-hybridized carbons (Fsp3) is 0.889. The highest BCUT2D eigenvalue weighted by atomic mass is 35.5. The largest absolute Gasteiger partial charge is 0.430 e. The molecule has 1 amide bonds. The Kier molecular flexibility index (Phi) is 3.85. The molecule has 3 nitrogen and oxygen atoms in total. The lowest BCUT2D eigenvalue weighted by Gasteiger charge is -2.29. The monoisotopic (exact) mass is 205 g/mol. The first kappa shape index (κ1) is 10.6. The van der Waals surface area contributed by atoms with E-state index < -0.39 is 5.56 Å². The van der Waals surface area contributed by atoms with Gasteiger partial charge in [0.1, 0.15) is 0 Å². The molecule has 0 aromatic heterocycles. The Hall–Kier alpha value is -0.440. The van der Waals surface area contributed by atoms with Gasteiger partial charge < -0.3 is 9.64 Å². The van der Waals surface area contributed by atoms with Gasteiger partial charge in [-0.05, 0) is 25.7 Å². The van der Waals surface area contributed by atoms with Crippen LogP contribution in [0.5, 0.6) is 0 Å². The molecule has 0 aromatic rings. The molecule has 1 fully saturated rings. The van der Waals surface area contributed by atoms with E-state index in [4.69, 9.17) is 16.3 Å². The number of nitrogens with zero attached hydrogens (tertiary/aromatic N) is 1. The second kappa shape index (κ2) is 4.70. The molecule has 0 bridgehead atoms. The highest BCUT2D eigenvalue weighted by molar-refractivity contribution is 6.19. The Labute approximate surface area is 84.0 Å². The number of rotatable bonds is 1. The van der Waals surface area contributed by atoms with Crippen molar-refractivity contribution in [3.63, 3.8) is 0 Å². The number of piperidine rings is 1. The number of halogens is 1. The van der Waals surface area contributed by atoms with Crippen LogP contribution in [-0.4, -0.2) is 29.6 Å². The Morgan fingerprint density at radius 1 is 1.54 bits per heavy atom. The molecule has 1 aliphatic rings. The summed E-state index contributed by atoms with van der Waals surface area (Å²) in [5, 5.41) is 0. The minimum Gasteiger partial charge on any atom is -0.430 e. The standard InChI is InChI=1S/C9H16ClNO2/c1-7-3-5-11(6-4-7)9(12)13-8(2)10/h7-8H,3-6H2,1-2H3. The van der Waals surface area contributed by atoms with Crippen molar-refractivity contribution in [2.75, 3.05) is 13.1 Å². The smallest absolute Gasteiger partial charge is 0.411 e. The Morgan fingerprint density at radius 2 is 2.08 bits per heavy atom. The highest BCUT2D eigenvalue weighted by Crippen LogP contribution is 2.17. The molecular weight excluding hydrogens is 190 g/mol. The van der Waals surface area contributed by atoms with Crippen molar-refractivity contribution in [1.82, 2.24) is 4.90 Å². The molecule has 13 heavy (non-hydrogen) atoms. The number of carbonyl (C=O) groups excluding carboxylic acids is 1. The summed E-state index contributed by atoms with van der Waals surface area (Å²) in [5.74, 6) is 0.720. The fourth-order valence-corrected chi connectivity index (χ4v) is 1.48. The minimum absolute atomic E-state index is 0.283. The summed E-state index contributed by atoms with van der Waals surface area (Å²) < 4.78 is 4.88. The summed E-state index contributed by atoms with van der Waals surface area (Å²) in [6.07, 6.45) is 1.84. The summed E-state index contributed by atoms with van der Waals surface area (Å²) in [6.45, 7) is 5.44. The van der Waals surface area contributed by atoms with Crippen molar-refractivity contribution >= 4 is 17.7 Å². The maximum atomic E-state index is 11.3. The lowest BCUT2D eigenvalue weighted by atomic mass is 10.00. The van der Waals surface area contributed by atoms with Gasteiger partial charge in [-0.25, -0.2) is 4.79 Å². The van der Waals surface area contributed by atoms with Gasteiger partial charge in [0.2, 0.25) is 0 Å². The summed E-state index contributed by atoms with van der Waals surface area (Å²) in [5.41, 5.74) is -0.535. The van der Waals surface area contributed by atoms with E-state index in [-0.39, 0.29) is 6.09 Å². The van der Waals surface area contributed by atoms with Gasteiger partial charge in [0.25, 0.3) is 0 Å². The summed E-state index contributed by atoms with van der Waals surface area (Å²) in [7, 11) is 0. The zero-order chi connectivity index (χ0) is 9.84. The van der Waals surface area contributed by atoms with Gasteiger partial charge in [-0.3, -0.25) is 0 Å². The summed E-state index contributed by atoms with van der Waals surface area (Å²) >= 11 is 5.55. The van der Waals surface area contributed by atoms with E-state index in [1.54, 1.807) is 11.8 Å². The Bertz CT molecular complexity index is 176. The van der Waals surface area contributed by atoms with E-state index in [0.717, 1.165) is 31.8 Å². The van der Waals surface area contributed by atoms with Crippen LogP contribution in [0.3, 0.4) is 0 Å². The number of carbonyl (C=O) groups is 1. The normalized spacial score (nSPS) is 21.3. The van der Waals surface area contributed by atoms with Crippen molar-refractivity contribution in [2.24, 2.45) is 5.92 Å². The lowest BCUT2D eigenvalue weighted by molar-refractivity contribution is 0.0834. The topological polar surface area (TPSA) is 29.5 Å². The third-order valence-corrected chi connectivity index (χ3v) is 2.39. The first-order valence-corrected chi connectivity index (χ1v) is 5.13. The van der Waals surface area contributed by atoms with Crippen molar-refractivity contribution < 1.29 is 9.53 Å². The van der Waals surface area contributed by atoms with Gasteiger partial charge in [-0.15, -0.1) is 0 Å². The van der Waals surface area contributed by atoms with Gasteiger partial charge in [-0.2, -0.15) is 0 Å². The summed E-state index contributed by atoms with van der Waals surface area (Å²) in [4.78, 5) is 13.1. The number of alkyl halides is 1. The molecule has 0 saturated carbocycles. The molecule has 1 aliphatic heterocycles. The first-order valence-electron chi connectivity index (χ1n) is 4.69. The number of likely N-dealkylation sites (tertiary alicyclic amines) is 1. The van der Waals surface area contributed by atoms with E-state index in [2.05, 4.69) is 6.92 Å². The molecule has 1 atom stereocenters. The van der Waals surface area contributed by atoms with Gasteiger partial charge >= 0.3 is 6.09 Å². The van der Waals surface area contributed by atoms with Crippen LogP contribution in [-0.2, 0) is 4.74 Å². The molecule has 0 aromatic carbocycles. The van der Waals surface area contributed by atoms with Crippen LogP contribution in [0.25, 0.3) is 0 Å². The van der Waals surface area contributed by atoms with Gasteiger partial charge in [0.05, 0.1) is 0 Å². The quantitative estimate of drug-likeness (QED) is 0.616. The third kappa shape index (κ3) is 3.43. The molecular formula is C9H16ClNO2. The molecule has 0 radical (unpaired) electrons. The van der Waals surface area contributed by atoms with Crippen LogP contribution < -0.4 is 0 Å². The Balaban J connectivity index is 2.31. The van der Waals surface area contributed by atoms with E-state index in [1.807, 2.05) is 0 Å². The maximum Gasteiger partial charge on any atom is 0.411 e. The van der Waals surface area contributed by atoms with E-state index >= 15 is 0 Å². The van der Waals surface area contributed by atoms with Gasteiger partial charge in [0, 0.05) is 13.1 Å². The number of hydrogen-bond donors (Lipinski definition) is 0. The molecule has 1 rings (SSSR count). The van der Waals surface area contributed by atoms with Crippen LogP contribution in [0.1, 0.15) is 26.7 Å². The van der Waals surface area contributed by atoms with Crippen molar-refractivity contribution in [1.29, 1.82) is 0 Å². The minimum atomic E-state index is -0.535. The second-order valence-corrected chi connectivity index (χ2v) is 4.21. The van der Waals surface area contributed by atoms with Gasteiger partial charge in [-0.1, -0.05) is 18.5 Å². The van der Waals surface area contributed by atoms with Crippen molar-refractivity contribution in [2.45, 2.75) is 32.3 Å². The molecule has 1 saturated heterocycles. The molecule has 0 N–H and O–H groups in total. The summed E-state index contributed by atoms with van der Waals surface area (Å²) in [6, 6.07) is 0. The van der Waals surface area contributed by atoms with Crippen LogP contribution in [0.4, 0.5) is 4.79 Å². The molecule has 0 aliphatic carbocycles. The second-order valence-electron chi connectivity index (χ2n) is 3.60. The van der Waals surface area contributed by atoms with Crippen LogP contribution >= 0.6 is 11.6 Å². The van der Waals surface area contributed by atoms with Crippen molar-refractivity contribution in [3.05, 3.63) is 0 Å². The first-order chi connectivity index (χ1) is 6.09. The SMILES string of the molecule is CC1CCN(C(=O)OC(C)Cl)CC1. The average Bonchev–Trinajstić information content (AvgIpc) is 2.04. The number of ether oxygens (including phenoxy) is 1. The molecule has 1 heterocycles. The maximum absolute atomic E-state index is 11.3. The molecule has 76 valence electrons. The number of hydrogen-bond acceptors (Lipinski definition) is 2. The van der Waals surface area contributed by atoms with Crippen LogP contribution in [0.2, 0.25) is 0 Å². The zero-order valence-corrected chi connectivity index (χ0v) is 8.88. The Morgan fingerprint density at radius 3 is 2.54 bits per heavy atom. The number of amides is 1. The van der Waals surface area contributed by atoms with Gasteiger partial charge in [0.15, 0.2) is 5.56 Å². The predicted octanol–water partition coefficient (Wildman–Crippen LogP) is 2.44. The van der Waals surface area contributed by atoms with E-state index in [0.29, 0.717) is 0 Å². The fourth-order valence-electron chi connectivity index (χ4n) is 1.40. The van der Waals surface area contributed by atoms with E-state index in [9.17, 15) is 4.79 Å². The lowest BCUT2D eigenvalue weighted by Crippen LogP contribution is -2.38. The van der Waals surface area contributed by atoms with E-state index in [1.165, 1.54) is 0 Å². The molecule has 1 unspecified atom stereocenters. The molecule has 0 spiro atoms. The average molecular weight is 206 g/mol. The highest BCUT2D eigenvalue weighted by Gasteiger charge is 2.21. The van der Waals surface area contributed by atoms with Crippen LogP contribution in [0.15, 0.2) is 0 Å². The zero-order valence-electron chi connectivity index (χ0n) is 8.12. The van der Waals surface area contributed by atoms with Crippen LogP contribution in [0, 0.1) is 5.92 Å².